The molecule has 0 bridgehead atoms. The molecule has 3 nitrogen and oxygen atoms in total. The van der Waals surface area contributed by atoms with Gasteiger partial charge in [-0.15, -0.1) is 0 Å². The predicted molar refractivity (Wildman–Crippen MR) is 120 cm³/mol. The van der Waals surface area contributed by atoms with Gasteiger partial charge in [0.2, 0.25) is 5.78 Å². The molecular weight excluding hydrogens is 356 g/mol. The van der Waals surface area contributed by atoms with Crippen LogP contribution >= 0.6 is 0 Å². The van der Waals surface area contributed by atoms with E-state index in [1.807, 2.05) is 30.5 Å². The number of rotatable bonds is 7. The zero-order chi connectivity index (χ0) is 20.4. The Labute approximate surface area is 174 Å². The molecule has 1 aliphatic rings. The number of pyridine rings is 1. The molecule has 0 atom stereocenters. The first kappa shape index (κ1) is 19.9. The summed E-state index contributed by atoms with van der Waals surface area (Å²) in [7, 11) is 0. The Morgan fingerprint density at radius 1 is 1.10 bits per heavy atom. The van der Waals surface area contributed by atoms with Crippen LogP contribution in [0.5, 0.6) is 0 Å². The number of hydrogen-bond donors (Lipinski definition) is 1. The topological polar surface area (TPSA) is 33.5 Å². The lowest BCUT2D eigenvalue weighted by molar-refractivity contribution is 0.103. The molecule has 4 rings (SSSR count). The average Bonchev–Trinajstić information content (AvgIpc) is 3.01. The molecule has 0 saturated heterocycles. The van der Waals surface area contributed by atoms with E-state index in [4.69, 9.17) is 0 Å². The third-order valence-electron chi connectivity index (χ3n) is 5.98. The molecule has 152 valence electrons. The maximum Gasteiger partial charge on any atom is 0.210 e. The highest BCUT2D eigenvalue weighted by atomic mass is 16.1. The van der Waals surface area contributed by atoms with Crippen molar-refractivity contribution in [3.8, 4) is 0 Å². The van der Waals surface area contributed by atoms with Crippen molar-refractivity contribution in [1.29, 1.82) is 0 Å². The number of hydrogen-bond acceptors (Lipinski definition) is 2. The molecule has 0 spiro atoms. The van der Waals surface area contributed by atoms with Crippen molar-refractivity contribution in [2.24, 2.45) is 0 Å². The third kappa shape index (κ3) is 4.45. The molecule has 2 aromatic heterocycles. The van der Waals surface area contributed by atoms with Crippen LogP contribution in [0.4, 0.5) is 0 Å². The summed E-state index contributed by atoms with van der Waals surface area (Å²) in [6, 6.07) is 16.6. The SMILES string of the molecule is CC(C)(C)NCCCc1ccc(C(=O)c2c(C3CCC3)cc3ccccn23)cc1. The van der Waals surface area contributed by atoms with Gasteiger partial charge < -0.3 is 9.72 Å². The molecule has 29 heavy (non-hydrogen) atoms. The molecule has 1 N–H and O–H groups in total. The minimum absolute atomic E-state index is 0.138. The lowest BCUT2D eigenvalue weighted by Crippen LogP contribution is -2.36. The van der Waals surface area contributed by atoms with Crippen LogP contribution in [-0.4, -0.2) is 22.3 Å². The normalized spacial score (nSPS) is 14.9. The monoisotopic (exact) mass is 388 g/mol. The summed E-state index contributed by atoms with van der Waals surface area (Å²) in [6.07, 6.45) is 7.79. The standard InChI is InChI=1S/C26H32N2O/c1-26(2,3)27-16-7-8-19-12-14-21(15-13-19)25(29)24-23(20-9-6-10-20)18-22-11-4-5-17-28(22)24/h4-5,11-15,17-18,20,27H,6-10,16H2,1-3H3. The van der Waals surface area contributed by atoms with Crippen LogP contribution in [0.25, 0.3) is 5.52 Å². The van der Waals surface area contributed by atoms with Crippen LogP contribution < -0.4 is 5.32 Å². The number of nitrogens with zero attached hydrogens (tertiary/aromatic N) is 1. The zero-order valence-electron chi connectivity index (χ0n) is 17.9. The molecule has 1 fully saturated rings. The van der Waals surface area contributed by atoms with Gasteiger partial charge in [-0.1, -0.05) is 36.8 Å². The van der Waals surface area contributed by atoms with Crippen LogP contribution in [0, 0.1) is 0 Å². The van der Waals surface area contributed by atoms with E-state index in [0.717, 1.165) is 36.2 Å². The molecule has 1 saturated carbocycles. The second-order valence-corrected chi connectivity index (χ2v) is 9.38. The Bertz CT molecular complexity index is 988. The predicted octanol–water partition coefficient (Wildman–Crippen LogP) is 5.76. The van der Waals surface area contributed by atoms with Crippen molar-refractivity contribution < 1.29 is 4.79 Å². The highest BCUT2D eigenvalue weighted by Gasteiger charge is 2.28. The van der Waals surface area contributed by atoms with E-state index in [1.54, 1.807) is 0 Å². The molecule has 0 amide bonds. The van der Waals surface area contributed by atoms with E-state index in [9.17, 15) is 4.79 Å². The molecule has 0 unspecified atom stereocenters. The van der Waals surface area contributed by atoms with Gasteiger partial charge in [-0.2, -0.15) is 0 Å². The van der Waals surface area contributed by atoms with Gasteiger partial charge in [0.1, 0.15) is 0 Å². The summed E-state index contributed by atoms with van der Waals surface area (Å²) < 4.78 is 2.07. The fraction of sp³-hybridized carbons (Fsp3) is 0.423. The number of aromatic nitrogens is 1. The number of carbonyl (C=O) groups is 1. The van der Waals surface area contributed by atoms with Crippen LogP contribution in [0.2, 0.25) is 0 Å². The maximum atomic E-state index is 13.4. The van der Waals surface area contributed by atoms with Gasteiger partial charge in [-0.05, 0) is 88.2 Å². The van der Waals surface area contributed by atoms with E-state index in [2.05, 4.69) is 54.8 Å². The molecular formula is C26H32N2O. The molecule has 2 heterocycles. The average molecular weight is 389 g/mol. The van der Waals surface area contributed by atoms with Crippen LogP contribution in [0.3, 0.4) is 0 Å². The van der Waals surface area contributed by atoms with Crippen molar-refractivity contribution in [2.45, 2.75) is 64.3 Å². The van der Waals surface area contributed by atoms with Gasteiger partial charge in [-0.25, -0.2) is 0 Å². The summed E-state index contributed by atoms with van der Waals surface area (Å²) in [5.74, 6) is 0.669. The smallest absolute Gasteiger partial charge is 0.210 e. The lowest BCUT2D eigenvalue weighted by Gasteiger charge is -2.25. The first-order valence-corrected chi connectivity index (χ1v) is 10.9. The van der Waals surface area contributed by atoms with E-state index in [1.165, 1.54) is 30.4 Å². The summed E-state index contributed by atoms with van der Waals surface area (Å²) in [5, 5.41) is 3.53. The highest BCUT2D eigenvalue weighted by molar-refractivity contribution is 6.09. The van der Waals surface area contributed by atoms with Crippen molar-refractivity contribution in [2.75, 3.05) is 6.54 Å². The molecule has 1 aromatic carbocycles. The molecule has 3 aromatic rings. The van der Waals surface area contributed by atoms with E-state index in [-0.39, 0.29) is 11.3 Å². The van der Waals surface area contributed by atoms with Crippen molar-refractivity contribution in [3.63, 3.8) is 0 Å². The van der Waals surface area contributed by atoms with E-state index >= 15 is 0 Å². The van der Waals surface area contributed by atoms with Crippen molar-refractivity contribution >= 4 is 11.3 Å². The van der Waals surface area contributed by atoms with Crippen LogP contribution in [0.1, 0.15) is 79.6 Å². The zero-order valence-corrected chi connectivity index (χ0v) is 17.9. The second-order valence-electron chi connectivity index (χ2n) is 9.38. The number of ketones is 1. The van der Waals surface area contributed by atoms with Gasteiger partial charge in [0.05, 0.1) is 5.69 Å². The number of aryl methyl sites for hydroxylation is 1. The Hall–Kier alpha value is -2.39. The number of fused-ring (bicyclic) bond motifs is 1. The molecule has 0 radical (unpaired) electrons. The van der Waals surface area contributed by atoms with Gasteiger partial charge in [-0.3, -0.25) is 4.79 Å². The van der Waals surface area contributed by atoms with Gasteiger partial charge in [0.25, 0.3) is 0 Å². The van der Waals surface area contributed by atoms with Crippen molar-refractivity contribution in [3.05, 3.63) is 77.1 Å². The molecule has 0 aliphatic heterocycles. The van der Waals surface area contributed by atoms with Crippen LogP contribution in [0.15, 0.2) is 54.7 Å². The van der Waals surface area contributed by atoms with Gasteiger partial charge in [0.15, 0.2) is 0 Å². The Morgan fingerprint density at radius 3 is 2.52 bits per heavy atom. The van der Waals surface area contributed by atoms with E-state index < -0.39 is 0 Å². The van der Waals surface area contributed by atoms with Gasteiger partial charge in [0, 0.05) is 22.8 Å². The third-order valence-corrected chi connectivity index (χ3v) is 5.98. The fourth-order valence-corrected chi connectivity index (χ4v) is 4.13. The number of nitrogens with one attached hydrogen (secondary N) is 1. The fourth-order valence-electron chi connectivity index (χ4n) is 4.13. The minimum Gasteiger partial charge on any atom is -0.313 e. The maximum absolute atomic E-state index is 13.4. The van der Waals surface area contributed by atoms with E-state index in [0.29, 0.717) is 5.92 Å². The molecule has 3 heteroatoms. The quantitative estimate of drug-likeness (QED) is 0.412. The second kappa shape index (κ2) is 8.16. The van der Waals surface area contributed by atoms with Crippen LogP contribution in [-0.2, 0) is 6.42 Å². The Balaban J connectivity index is 1.51. The first-order valence-electron chi connectivity index (χ1n) is 10.9. The Kier molecular flexibility index (Phi) is 5.60. The van der Waals surface area contributed by atoms with Gasteiger partial charge >= 0.3 is 0 Å². The Morgan fingerprint density at radius 2 is 1.86 bits per heavy atom. The lowest BCUT2D eigenvalue weighted by atomic mass is 9.79. The number of benzene rings is 1. The summed E-state index contributed by atoms with van der Waals surface area (Å²) in [6.45, 7) is 7.58. The summed E-state index contributed by atoms with van der Waals surface area (Å²) >= 11 is 0. The van der Waals surface area contributed by atoms with Crippen molar-refractivity contribution in [1.82, 2.24) is 9.72 Å². The minimum atomic E-state index is 0.138. The highest BCUT2D eigenvalue weighted by Crippen LogP contribution is 2.40. The molecule has 1 aliphatic carbocycles. The largest absolute Gasteiger partial charge is 0.313 e. The summed E-state index contributed by atoms with van der Waals surface area (Å²) in [5.41, 5.74) is 5.43. The first-order chi connectivity index (χ1) is 13.9. The summed E-state index contributed by atoms with van der Waals surface area (Å²) in [4.78, 5) is 13.4. The number of carbonyl (C=O) groups excluding carboxylic acids is 1.